The van der Waals surface area contributed by atoms with Crippen LogP contribution in [-0.4, -0.2) is 50.3 Å². The van der Waals surface area contributed by atoms with Gasteiger partial charge >= 0.3 is 0 Å². The van der Waals surface area contributed by atoms with Gasteiger partial charge in [-0.05, 0) is 0 Å². The molecule has 0 aliphatic carbocycles. The van der Waals surface area contributed by atoms with E-state index < -0.39 is 10.8 Å². The first-order valence-corrected chi connectivity index (χ1v) is 7.12. The van der Waals surface area contributed by atoms with E-state index >= 15 is 0 Å². The van der Waals surface area contributed by atoms with E-state index in [0.29, 0.717) is 0 Å². The van der Waals surface area contributed by atoms with E-state index in [0.717, 1.165) is 41.8 Å². The average Bonchev–Trinajstić information content (AvgIpc) is 2.69. The average molecular weight is 246 g/mol. The first-order chi connectivity index (χ1) is 7.29. The van der Waals surface area contributed by atoms with Crippen LogP contribution in [0.4, 0.5) is 5.00 Å². The molecule has 0 unspecified atom stereocenters. The van der Waals surface area contributed by atoms with Crippen LogP contribution in [0.1, 0.15) is 5.69 Å². The first kappa shape index (κ1) is 11.0. The van der Waals surface area contributed by atoms with Crippen molar-refractivity contribution in [2.24, 2.45) is 0 Å². The van der Waals surface area contributed by atoms with E-state index in [1.54, 1.807) is 0 Å². The Kier molecular flexibility index (Phi) is 3.66. The molecule has 1 saturated heterocycles. The van der Waals surface area contributed by atoms with Crippen molar-refractivity contribution in [3.63, 3.8) is 0 Å². The van der Waals surface area contributed by atoms with Crippen LogP contribution >= 0.6 is 11.5 Å². The Morgan fingerprint density at radius 2 is 2.27 bits per heavy atom. The Hall–Kier alpha value is -0.530. The van der Waals surface area contributed by atoms with Gasteiger partial charge in [0.25, 0.3) is 0 Å². The van der Waals surface area contributed by atoms with Crippen molar-refractivity contribution in [2.45, 2.75) is 6.54 Å². The van der Waals surface area contributed by atoms with Crippen molar-refractivity contribution in [1.29, 1.82) is 0 Å². The van der Waals surface area contributed by atoms with Crippen LogP contribution < -0.4 is 5.32 Å². The van der Waals surface area contributed by atoms with E-state index in [2.05, 4.69) is 19.8 Å². The number of nitrogens with one attached hydrogen (secondary N) is 1. The molecule has 1 fully saturated rings. The van der Waals surface area contributed by atoms with Crippen molar-refractivity contribution >= 4 is 27.3 Å². The Labute approximate surface area is 95.5 Å². The second-order valence-electron chi connectivity index (χ2n) is 3.42. The Morgan fingerprint density at radius 3 is 2.93 bits per heavy atom. The summed E-state index contributed by atoms with van der Waals surface area (Å²) in [7, 11) is 1.27. The van der Waals surface area contributed by atoms with Crippen LogP contribution in [0.2, 0.25) is 0 Å². The van der Waals surface area contributed by atoms with Crippen molar-refractivity contribution in [1.82, 2.24) is 14.5 Å². The number of anilines is 1. The zero-order valence-electron chi connectivity index (χ0n) is 8.60. The molecule has 1 N–H and O–H groups in total. The lowest BCUT2D eigenvalue weighted by atomic mass is 10.4. The van der Waals surface area contributed by atoms with Gasteiger partial charge in [0.15, 0.2) is 0 Å². The monoisotopic (exact) mass is 246 g/mol. The molecule has 0 aromatic carbocycles. The Bertz CT molecular complexity index is 344. The quantitative estimate of drug-likeness (QED) is 0.822. The molecule has 0 radical (unpaired) electrons. The summed E-state index contributed by atoms with van der Waals surface area (Å²) in [5.41, 5.74) is 0.996. The van der Waals surface area contributed by atoms with Gasteiger partial charge in [-0.1, -0.05) is 4.49 Å². The zero-order chi connectivity index (χ0) is 10.7. The molecule has 0 bridgehead atoms. The number of nitrogens with zero attached hydrogens (tertiary/aromatic N) is 3. The molecular weight excluding hydrogens is 232 g/mol. The third-order valence-electron chi connectivity index (χ3n) is 2.43. The molecule has 7 heteroatoms. The molecular formula is C8H14N4OS2. The number of rotatable bonds is 3. The van der Waals surface area contributed by atoms with Crippen LogP contribution in [0, 0.1) is 0 Å². The molecule has 0 spiro atoms. The fourth-order valence-corrected chi connectivity index (χ4v) is 3.20. The smallest absolute Gasteiger partial charge is 0.134 e. The van der Waals surface area contributed by atoms with E-state index in [9.17, 15) is 4.21 Å². The van der Waals surface area contributed by atoms with Crippen molar-refractivity contribution in [2.75, 3.05) is 37.0 Å². The summed E-state index contributed by atoms with van der Waals surface area (Å²) in [5, 5.41) is 8.20. The molecule has 0 atom stereocenters. The fourth-order valence-electron chi connectivity index (χ4n) is 1.55. The van der Waals surface area contributed by atoms with Gasteiger partial charge in [0.1, 0.15) is 10.7 Å². The maximum absolute atomic E-state index is 11.2. The van der Waals surface area contributed by atoms with E-state index in [1.165, 1.54) is 11.5 Å². The number of aromatic nitrogens is 2. The van der Waals surface area contributed by atoms with Crippen molar-refractivity contribution in [3.8, 4) is 0 Å². The molecule has 84 valence electrons. The van der Waals surface area contributed by atoms with Gasteiger partial charge < -0.3 is 5.32 Å². The van der Waals surface area contributed by atoms with Gasteiger partial charge in [0.2, 0.25) is 0 Å². The summed E-state index contributed by atoms with van der Waals surface area (Å²) in [6.07, 6.45) is 0. The summed E-state index contributed by atoms with van der Waals surface area (Å²) >= 11 is 1.38. The second kappa shape index (κ2) is 5.00. The van der Waals surface area contributed by atoms with Crippen LogP contribution in [0.3, 0.4) is 0 Å². The van der Waals surface area contributed by atoms with E-state index in [1.807, 2.05) is 7.05 Å². The Balaban J connectivity index is 1.94. The minimum atomic E-state index is -0.607. The van der Waals surface area contributed by atoms with Gasteiger partial charge in [0.05, 0.1) is 0 Å². The number of hydrogen-bond donors (Lipinski definition) is 1. The highest BCUT2D eigenvalue weighted by molar-refractivity contribution is 7.85. The lowest BCUT2D eigenvalue weighted by Crippen LogP contribution is -2.37. The molecule has 0 saturated carbocycles. The lowest BCUT2D eigenvalue weighted by Gasteiger charge is -2.25. The van der Waals surface area contributed by atoms with Gasteiger partial charge in [-0.3, -0.25) is 9.11 Å². The highest BCUT2D eigenvalue weighted by Crippen LogP contribution is 2.18. The van der Waals surface area contributed by atoms with E-state index in [4.69, 9.17) is 0 Å². The van der Waals surface area contributed by atoms with Crippen LogP contribution in [0.5, 0.6) is 0 Å². The zero-order valence-corrected chi connectivity index (χ0v) is 10.2. The van der Waals surface area contributed by atoms with E-state index in [-0.39, 0.29) is 0 Å². The second-order valence-corrected chi connectivity index (χ2v) is 5.87. The molecule has 2 heterocycles. The number of hydrogen-bond acceptors (Lipinski definition) is 6. The predicted molar refractivity (Wildman–Crippen MR) is 62.6 cm³/mol. The predicted octanol–water partition coefficient (Wildman–Crippen LogP) is 0.144. The maximum atomic E-state index is 11.2. The normalized spacial score (nSPS) is 19.3. The summed E-state index contributed by atoms with van der Waals surface area (Å²) in [6.45, 7) is 2.60. The third kappa shape index (κ3) is 2.73. The lowest BCUT2D eigenvalue weighted by molar-refractivity contribution is 0.288. The third-order valence-corrected chi connectivity index (χ3v) is 4.49. The molecule has 2 rings (SSSR count). The summed E-state index contributed by atoms with van der Waals surface area (Å²) < 4.78 is 15.1. The fraction of sp³-hybridized carbons (Fsp3) is 0.750. The van der Waals surface area contributed by atoms with Gasteiger partial charge in [0, 0.05) is 60.5 Å². The Morgan fingerprint density at radius 1 is 1.53 bits per heavy atom. The molecule has 15 heavy (non-hydrogen) atoms. The topological polar surface area (TPSA) is 58.1 Å². The minimum Gasteiger partial charge on any atom is -0.377 e. The van der Waals surface area contributed by atoms with Gasteiger partial charge in [-0.2, -0.15) is 0 Å². The minimum absolute atomic E-state index is 0.607. The molecule has 0 amide bonds. The SMILES string of the molecule is CNc1snnc1CN1CCS(=O)CC1. The molecule has 5 nitrogen and oxygen atoms in total. The largest absolute Gasteiger partial charge is 0.377 e. The standard InChI is InChI=1S/C8H14N4OS2/c1-9-8-7(10-11-14-8)6-12-2-4-15(13)5-3-12/h9H,2-6H2,1H3. The van der Waals surface area contributed by atoms with Crippen LogP contribution in [-0.2, 0) is 17.3 Å². The van der Waals surface area contributed by atoms with Crippen molar-refractivity contribution in [3.05, 3.63) is 5.69 Å². The molecule has 1 aromatic heterocycles. The molecule has 1 aromatic rings. The van der Waals surface area contributed by atoms with Gasteiger partial charge in [-0.25, -0.2) is 0 Å². The van der Waals surface area contributed by atoms with Crippen LogP contribution in [0.25, 0.3) is 0 Å². The summed E-state index contributed by atoms with van der Waals surface area (Å²) in [4.78, 5) is 2.28. The first-order valence-electron chi connectivity index (χ1n) is 4.86. The molecule has 1 aliphatic rings. The summed E-state index contributed by atoms with van der Waals surface area (Å²) in [6, 6.07) is 0. The summed E-state index contributed by atoms with van der Waals surface area (Å²) in [5.74, 6) is 1.57. The maximum Gasteiger partial charge on any atom is 0.134 e. The van der Waals surface area contributed by atoms with Crippen LogP contribution in [0.15, 0.2) is 0 Å². The van der Waals surface area contributed by atoms with Crippen molar-refractivity contribution < 1.29 is 4.21 Å². The highest BCUT2D eigenvalue weighted by atomic mass is 32.2. The molecule has 1 aliphatic heterocycles. The highest BCUT2D eigenvalue weighted by Gasteiger charge is 2.17. The van der Waals surface area contributed by atoms with Gasteiger partial charge in [-0.15, -0.1) is 5.10 Å².